The number of urea groups is 1. The van der Waals surface area contributed by atoms with Crippen LogP contribution < -0.4 is 21.1 Å². The number of methoxy groups -OCH3 is 1. The Bertz CT molecular complexity index is 1340. The summed E-state index contributed by atoms with van der Waals surface area (Å²) < 4.78 is 35.1. The van der Waals surface area contributed by atoms with E-state index in [1.807, 2.05) is 0 Å². The summed E-state index contributed by atoms with van der Waals surface area (Å²) in [5.74, 6) is 0.440. The van der Waals surface area contributed by atoms with Gasteiger partial charge in [0.05, 0.1) is 17.0 Å². The third-order valence-electron chi connectivity index (χ3n) is 5.80. The van der Waals surface area contributed by atoms with Gasteiger partial charge in [-0.05, 0) is 34.9 Å². The number of carbonyl (C=O) groups is 1. The maximum absolute atomic E-state index is 14.1. The summed E-state index contributed by atoms with van der Waals surface area (Å²) in [7, 11) is -2.40. The molecule has 35 heavy (non-hydrogen) atoms. The molecule has 1 saturated heterocycles. The third kappa shape index (κ3) is 5.25. The van der Waals surface area contributed by atoms with E-state index in [1.165, 1.54) is 11.4 Å². The highest BCUT2D eigenvalue weighted by Gasteiger charge is 2.32. The smallest absolute Gasteiger partial charge is 0.312 e. The Labute approximate surface area is 209 Å². The number of benzene rings is 2. The van der Waals surface area contributed by atoms with Gasteiger partial charge in [0.15, 0.2) is 0 Å². The van der Waals surface area contributed by atoms with Gasteiger partial charge in [-0.25, -0.2) is 13.2 Å². The van der Waals surface area contributed by atoms with E-state index in [-0.39, 0.29) is 11.4 Å². The number of rotatable bonds is 7. The summed E-state index contributed by atoms with van der Waals surface area (Å²) in [5, 5.41) is 6.18. The number of nitrogens with one attached hydrogen (secondary N) is 2. The highest BCUT2D eigenvalue weighted by Crippen LogP contribution is 2.40. The number of hydrogen-bond acceptors (Lipinski definition) is 6. The van der Waals surface area contributed by atoms with E-state index < -0.39 is 16.1 Å². The van der Waals surface area contributed by atoms with E-state index >= 15 is 0 Å². The summed E-state index contributed by atoms with van der Waals surface area (Å²) in [6.07, 6.45) is 3.17. The molecule has 9 nitrogen and oxygen atoms in total. The van der Waals surface area contributed by atoms with Gasteiger partial charge in [0.1, 0.15) is 5.75 Å². The van der Waals surface area contributed by atoms with Gasteiger partial charge in [0, 0.05) is 56.2 Å². The molecule has 1 fully saturated rings. The maximum atomic E-state index is 14.1. The summed E-state index contributed by atoms with van der Waals surface area (Å²) in [6, 6.07) is 11.5. The van der Waals surface area contributed by atoms with Crippen molar-refractivity contribution in [1.29, 1.82) is 0 Å². The van der Waals surface area contributed by atoms with Gasteiger partial charge in [0.2, 0.25) is 10.0 Å². The van der Waals surface area contributed by atoms with Crippen molar-refractivity contribution in [3.63, 3.8) is 0 Å². The van der Waals surface area contributed by atoms with Gasteiger partial charge in [-0.15, -0.1) is 0 Å². The van der Waals surface area contributed by atoms with Crippen LogP contribution in [0.25, 0.3) is 22.3 Å². The minimum atomic E-state index is -3.91. The number of pyridine rings is 1. The van der Waals surface area contributed by atoms with Crippen LogP contribution in [0, 0.1) is 0 Å². The van der Waals surface area contributed by atoms with Crippen LogP contribution in [0.1, 0.15) is 5.56 Å². The SMILES string of the molecule is COc1cc(-c2cccc(-c3ccncc3CNC(N)=O)c2S(=O)(=O)N2CCNCC2)ccc1Cl. The third-order valence-corrected chi connectivity index (χ3v) is 8.11. The van der Waals surface area contributed by atoms with E-state index in [0.717, 1.165) is 0 Å². The molecule has 1 aliphatic rings. The van der Waals surface area contributed by atoms with E-state index in [1.54, 1.807) is 54.9 Å². The molecule has 0 unspecified atom stereocenters. The van der Waals surface area contributed by atoms with E-state index in [0.29, 0.717) is 64.8 Å². The van der Waals surface area contributed by atoms with Crippen LogP contribution in [-0.2, 0) is 16.6 Å². The Morgan fingerprint density at radius 2 is 1.91 bits per heavy atom. The molecule has 1 aromatic heterocycles. The van der Waals surface area contributed by atoms with Crippen LogP contribution in [0.3, 0.4) is 0 Å². The van der Waals surface area contributed by atoms with Gasteiger partial charge >= 0.3 is 6.03 Å². The minimum absolute atomic E-state index is 0.102. The van der Waals surface area contributed by atoms with Gasteiger partial charge in [-0.3, -0.25) is 4.98 Å². The largest absolute Gasteiger partial charge is 0.495 e. The monoisotopic (exact) mass is 515 g/mol. The fourth-order valence-electron chi connectivity index (χ4n) is 4.11. The number of sulfonamides is 1. The van der Waals surface area contributed by atoms with Crippen molar-refractivity contribution >= 4 is 27.7 Å². The van der Waals surface area contributed by atoms with Crippen molar-refractivity contribution in [1.82, 2.24) is 19.9 Å². The number of amides is 2. The molecule has 1 aliphatic heterocycles. The Balaban J connectivity index is 1.97. The van der Waals surface area contributed by atoms with Crippen LogP contribution in [0.4, 0.5) is 4.79 Å². The van der Waals surface area contributed by atoms with Crippen molar-refractivity contribution in [2.45, 2.75) is 11.4 Å². The normalized spacial score (nSPS) is 14.5. The molecule has 3 aromatic rings. The highest BCUT2D eigenvalue weighted by molar-refractivity contribution is 7.89. The number of halogens is 1. The summed E-state index contributed by atoms with van der Waals surface area (Å²) >= 11 is 6.23. The van der Waals surface area contributed by atoms with Crippen LogP contribution in [0.5, 0.6) is 5.75 Å². The Hall–Kier alpha value is -3.18. The van der Waals surface area contributed by atoms with Crippen LogP contribution in [0.15, 0.2) is 59.8 Å². The lowest BCUT2D eigenvalue weighted by Crippen LogP contribution is -2.46. The molecule has 0 aliphatic carbocycles. The zero-order valence-electron chi connectivity index (χ0n) is 19.1. The zero-order chi connectivity index (χ0) is 25.0. The molecule has 4 rings (SSSR count). The predicted molar refractivity (Wildman–Crippen MR) is 135 cm³/mol. The lowest BCUT2D eigenvalue weighted by molar-refractivity contribution is 0.248. The van der Waals surface area contributed by atoms with Gasteiger partial charge in [0.25, 0.3) is 0 Å². The standard InChI is InChI=1S/C24H26ClN5O4S/c1-34-22-13-16(5-6-21(22)25)19-3-2-4-20(18-7-8-28-14-17(18)15-29-24(26)31)23(19)35(32,33)30-11-9-27-10-12-30/h2-8,13-14,27H,9-12,15H2,1H3,(H3,26,29,31). The average molecular weight is 516 g/mol. The molecule has 0 atom stereocenters. The fraction of sp³-hybridized carbons (Fsp3) is 0.250. The van der Waals surface area contributed by atoms with E-state index in [2.05, 4.69) is 15.6 Å². The molecule has 4 N–H and O–H groups in total. The van der Waals surface area contributed by atoms with Crippen molar-refractivity contribution in [2.24, 2.45) is 5.73 Å². The number of piperazine rings is 1. The van der Waals surface area contributed by atoms with E-state index in [4.69, 9.17) is 22.1 Å². The lowest BCUT2D eigenvalue weighted by atomic mass is 9.96. The molecule has 11 heteroatoms. The van der Waals surface area contributed by atoms with Crippen LogP contribution in [0.2, 0.25) is 5.02 Å². The maximum Gasteiger partial charge on any atom is 0.312 e. The van der Waals surface area contributed by atoms with Gasteiger partial charge in [-0.2, -0.15) is 4.31 Å². The second-order valence-electron chi connectivity index (χ2n) is 7.94. The first-order chi connectivity index (χ1) is 16.8. The van der Waals surface area contributed by atoms with Crippen molar-refractivity contribution in [3.05, 3.63) is 65.4 Å². The Morgan fingerprint density at radius 1 is 1.17 bits per heavy atom. The molecule has 184 valence electrons. The first-order valence-electron chi connectivity index (χ1n) is 11.0. The first-order valence-corrected chi connectivity index (χ1v) is 12.8. The minimum Gasteiger partial charge on any atom is -0.495 e. The first kappa shape index (κ1) is 24.9. The van der Waals surface area contributed by atoms with Crippen LogP contribution >= 0.6 is 11.6 Å². The number of nitrogens with two attached hydrogens (primary N) is 1. The second kappa shape index (κ2) is 10.6. The van der Waals surface area contributed by atoms with Crippen molar-refractivity contribution in [2.75, 3.05) is 33.3 Å². The molecular formula is C24H26ClN5O4S. The molecule has 2 heterocycles. The molecule has 2 amide bonds. The Kier molecular flexibility index (Phi) is 7.56. The van der Waals surface area contributed by atoms with Gasteiger partial charge < -0.3 is 21.1 Å². The highest BCUT2D eigenvalue weighted by atomic mass is 35.5. The van der Waals surface area contributed by atoms with Gasteiger partial charge in [-0.1, -0.05) is 35.9 Å². The number of ether oxygens (including phenoxy) is 1. The second-order valence-corrected chi connectivity index (χ2v) is 10.2. The molecule has 0 bridgehead atoms. The number of primary amides is 1. The molecular weight excluding hydrogens is 490 g/mol. The van der Waals surface area contributed by atoms with Crippen LogP contribution in [-0.4, -0.2) is 57.0 Å². The fourth-order valence-corrected chi connectivity index (χ4v) is 6.14. The van der Waals surface area contributed by atoms with Crippen molar-refractivity contribution in [3.8, 4) is 28.0 Å². The quantitative estimate of drug-likeness (QED) is 0.444. The molecule has 0 spiro atoms. The van der Waals surface area contributed by atoms with E-state index in [9.17, 15) is 13.2 Å². The average Bonchev–Trinajstić information content (AvgIpc) is 2.88. The number of aromatic nitrogens is 1. The zero-order valence-corrected chi connectivity index (χ0v) is 20.7. The number of nitrogens with zero attached hydrogens (tertiary/aromatic N) is 2. The lowest BCUT2D eigenvalue weighted by Gasteiger charge is -2.29. The molecule has 0 radical (unpaired) electrons. The Morgan fingerprint density at radius 3 is 2.63 bits per heavy atom. The summed E-state index contributed by atoms with van der Waals surface area (Å²) in [6.45, 7) is 1.94. The topological polar surface area (TPSA) is 127 Å². The summed E-state index contributed by atoms with van der Waals surface area (Å²) in [5.41, 5.74) is 8.19. The number of carbonyl (C=O) groups excluding carboxylic acids is 1. The number of hydrogen-bond donors (Lipinski definition) is 3. The summed E-state index contributed by atoms with van der Waals surface area (Å²) in [4.78, 5) is 15.7. The molecule has 0 saturated carbocycles. The molecule has 2 aromatic carbocycles. The predicted octanol–water partition coefficient (Wildman–Crippen LogP) is 2.84. The van der Waals surface area contributed by atoms with Crippen molar-refractivity contribution < 1.29 is 17.9 Å².